The minimum absolute atomic E-state index is 0.232. The molecule has 3 aromatic rings. The van der Waals surface area contributed by atoms with Crippen LogP contribution in [0.3, 0.4) is 0 Å². The van der Waals surface area contributed by atoms with Gasteiger partial charge in [0.05, 0.1) is 11.2 Å². The van der Waals surface area contributed by atoms with Gasteiger partial charge in [0, 0.05) is 57.0 Å². The van der Waals surface area contributed by atoms with E-state index in [2.05, 4.69) is 40.5 Å². The lowest BCUT2D eigenvalue weighted by Gasteiger charge is -2.20. The fourth-order valence-electron chi connectivity index (χ4n) is 3.44. The van der Waals surface area contributed by atoms with Crippen LogP contribution in [0, 0.1) is 5.41 Å². The van der Waals surface area contributed by atoms with E-state index in [0.717, 1.165) is 57.9 Å². The maximum absolute atomic E-state index is 6.14. The second-order valence-corrected chi connectivity index (χ2v) is 10.0. The SMILES string of the molecule is CC.CN(C)c1cc2c(cc1Sc1nc3c(N)nccc3n1CCNCC(C)(C)C)OCO2. The predicted molar refractivity (Wildman–Crippen MR) is 137 cm³/mol. The number of benzene rings is 1. The minimum atomic E-state index is 0.232. The number of rotatable bonds is 7. The van der Waals surface area contributed by atoms with Crippen molar-refractivity contribution in [2.75, 3.05) is 44.6 Å². The molecule has 8 nitrogen and oxygen atoms in total. The highest BCUT2D eigenvalue weighted by Crippen LogP contribution is 2.44. The smallest absolute Gasteiger partial charge is 0.231 e. The number of hydrogen-bond donors (Lipinski definition) is 2. The van der Waals surface area contributed by atoms with Gasteiger partial charge in [0.1, 0.15) is 5.52 Å². The van der Waals surface area contributed by atoms with Crippen LogP contribution in [-0.2, 0) is 6.54 Å². The van der Waals surface area contributed by atoms with Crippen LogP contribution in [0.4, 0.5) is 11.5 Å². The number of nitrogen functional groups attached to an aromatic ring is 1. The molecule has 180 valence electrons. The molecule has 0 spiro atoms. The third kappa shape index (κ3) is 5.83. The fourth-order valence-corrected chi connectivity index (χ4v) is 4.59. The molecule has 0 radical (unpaired) electrons. The van der Waals surface area contributed by atoms with Crippen molar-refractivity contribution in [3.63, 3.8) is 0 Å². The normalized spacial score (nSPS) is 12.6. The summed E-state index contributed by atoms with van der Waals surface area (Å²) in [4.78, 5) is 12.2. The summed E-state index contributed by atoms with van der Waals surface area (Å²) in [5.74, 6) is 1.96. The van der Waals surface area contributed by atoms with Crippen LogP contribution in [0.1, 0.15) is 34.6 Å². The molecule has 1 aromatic carbocycles. The first kappa shape index (κ1) is 25.0. The Bertz CT molecular complexity index is 1090. The number of fused-ring (bicyclic) bond motifs is 2. The maximum Gasteiger partial charge on any atom is 0.231 e. The van der Waals surface area contributed by atoms with E-state index in [9.17, 15) is 0 Å². The quantitative estimate of drug-likeness (QED) is 0.482. The zero-order chi connectivity index (χ0) is 24.2. The second kappa shape index (κ2) is 10.5. The molecule has 0 aliphatic carbocycles. The topological polar surface area (TPSA) is 90.5 Å². The Morgan fingerprint density at radius 3 is 2.55 bits per heavy atom. The zero-order valence-electron chi connectivity index (χ0n) is 20.7. The number of nitrogens with one attached hydrogen (secondary N) is 1. The Labute approximate surface area is 200 Å². The Morgan fingerprint density at radius 2 is 1.88 bits per heavy atom. The first-order chi connectivity index (χ1) is 15.7. The third-order valence-corrected chi connectivity index (χ3v) is 6.01. The van der Waals surface area contributed by atoms with Crippen molar-refractivity contribution in [2.45, 2.75) is 51.2 Å². The highest BCUT2D eigenvalue weighted by molar-refractivity contribution is 7.99. The number of hydrogen-bond acceptors (Lipinski definition) is 8. The molecule has 3 N–H and O–H groups in total. The van der Waals surface area contributed by atoms with Crippen LogP contribution in [-0.4, -0.2) is 48.5 Å². The summed E-state index contributed by atoms with van der Waals surface area (Å²) in [5.41, 5.74) is 9.13. The van der Waals surface area contributed by atoms with Gasteiger partial charge in [-0.25, -0.2) is 9.97 Å². The predicted octanol–water partition coefficient (Wildman–Crippen LogP) is 4.62. The van der Waals surface area contributed by atoms with Crippen molar-refractivity contribution in [2.24, 2.45) is 5.41 Å². The first-order valence-corrected chi connectivity index (χ1v) is 12.1. The monoisotopic (exact) mass is 472 g/mol. The zero-order valence-corrected chi connectivity index (χ0v) is 21.5. The Kier molecular flexibility index (Phi) is 7.97. The highest BCUT2D eigenvalue weighted by atomic mass is 32.2. The van der Waals surface area contributed by atoms with Gasteiger partial charge in [0.15, 0.2) is 22.5 Å². The number of imidazole rings is 1. The molecule has 0 amide bonds. The summed E-state index contributed by atoms with van der Waals surface area (Å²) in [7, 11) is 4.03. The molecule has 3 heterocycles. The lowest BCUT2D eigenvalue weighted by molar-refractivity contribution is 0.174. The standard InChI is InChI=1S/C22H30N6O2S.C2H6/c1-22(2,3)12-24-8-9-28-14-6-7-25-20(23)19(14)26-21(28)31-18-11-17-16(29-13-30-17)10-15(18)27(4)5;1-2/h6-7,10-11,24H,8-9,12-13H2,1-5H3,(H2,23,25);1-2H3. The number of nitrogens with two attached hydrogens (primary N) is 1. The number of pyridine rings is 1. The van der Waals surface area contributed by atoms with E-state index in [-0.39, 0.29) is 12.2 Å². The van der Waals surface area contributed by atoms with E-state index in [1.54, 1.807) is 18.0 Å². The molecule has 0 saturated heterocycles. The Hall–Kier alpha value is -2.65. The van der Waals surface area contributed by atoms with Gasteiger partial charge in [0.2, 0.25) is 6.79 Å². The average Bonchev–Trinajstić information content (AvgIpc) is 3.36. The third-order valence-electron chi connectivity index (χ3n) is 4.97. The lowest BCUT2D eigenvalue weighted by atomic mass is 9.97. The second-order valence-electron chi connectivity index (χ2n) is 9.02. The average molecular weight is 473 g/mol. The molecule has 0 bridgehead atoms. The molecule has 4 rings (SSSR count). The van der Waals surface area contributed by atoms with Gasteiger partial charge < -0.3 is 30.0 Å². The van der Waals surface area contributed by atoms with Gasteiger partial charge in [-0.15, -0.1) is 0 Å². The minimum Gasteiger partial charge on any atom is -0.454 e. The molecule has 0 atom stereocenters. The van der Waals surface area contributed by atoms with Gasteiger partial charge in [-0.3, -0.25) is 0 Å². The molecule has 1 aliphatic heterocycles. The summed E-state index contributed by atoms with van der Waals surface area (Å²) in [6.45, 7) is 13.5. The van der Waals surface area contributed by atoms with Crippen molar-refractivity contribution in [3.8, 4) is 11.5 Å². The summed E-state index contributed by atoms with van der Waals surface area (Å²) >= 11 is 1.60. The van der Waals surface area contributed by atoms with E-state index >= 15 is 0 Å². The summed E-state index contributed by atoms with van der Waals surface area (Å²) in [6.07, 6.45) is 1.73. The molecule has 2 aromatic heterocycles. The van der Waals surface area contributed by atoms with Crippen molar-refractivity contribution in [1.29, 1.82) is 0 Å². The van der Waals surface area contributed by atoms with Crippen LogP contribution in [0.2, 0.25) is 0 Å². The number of nitrogens with zero attached hydrogens (tertiary/aromatic N) is 4. The Morgan fingerprint density at radius 1 is 1.18 bits per heavy atom. The molecule has 0 saturated carbocycles. The van der Waals surface area contributed by atoms with Gasteiger partial charge >= 0.3 is 0 Å². The van der Waals surface area contributed by atoms with Gasteiger partial charge in [0.25, 0.3) is 0 Å². The summed E-state index contributed by atoms with van der Waals surface area (Å²) in [6, 6.07) is 6.00. The van der Waals surface area contributed by atoms with E-state index < -0.39 is 0 Å². The molecule has 9 heteroatoms. The van der Waals surface area contributed by atoms with Gasteiger partial charge in [-0.1, -0.05) is 34.6 Å². The van der Waals surface area contributed by atoms with Crippen molar-refractivity contribution < 1.29 is 9.47 Å². The van der Waals surface area contributed by atoms with Crippen LogP contribution >= 0.6 is 11.8 Å². The molecule has 33 heavy (non-hydrogen) atoms. The summed E-state index contributed by atoms with van der Waals surface area (Å²) in [5, 5.41) is 4.42. The number of aromatic nitrogens is 3. The van der Waals surface area contributed by atoms with Crippen molar-refractivity contribution in [3.05, 3.63) is 24.4 Å². The molecule has 0 fully saturated rings. The number of ether oxygens (including phenoxy) is 2. The lowest BCUT2D eigenvalue weighted by Crippen LogP contribution is -2.29. The van der Waals surface area contributed by atoms with E-state index in [0.29, 0.717) is 5.82 Å². The van der Waals surface area contributed by atoms with Crippen molar-refractivity contribution in [1.82, 2.24) is 19.9 Å². The largest absolute Gasteiger partial charge is 0.454 e. The van der Waals surface area contributed by atoms with Crippen LogP contribution in [0.25, 0.3) is 11.0 Å². The van der Waals surface area contributed by atoms with Crippen LogP contribution in [0.5, 0.6) is 11.5 Å². The van der Waals surface area contributed by atoms with E-state index in [1.807, 2.05) is 46.1 Å². The fraction of sp³-hybridized carbons (Fsp3) is 0.500. The van der Waals surface area contributed by atoms with Gasteiger partial charge in [-0.05, 0) is 23.2 Å². The first-order valence-electron chi connectivity index (χ1n) is 11.3. The molecule has 1 aliphatic rings. The summed E-state index contributed by atoms with van der Waals surface area (Å²) < 4.78 is 13.4. The maximum atomic E-state index is 6.14. The highest BCUT2D eigenvalue weighted by Gasteiger charge is 2.22. The Balaban J connectivity index is 0.00000149. The molecule has 0 unspecified atom stereocenters. The van der Waals surface area contributed by atoms with E-state index in [4.69, 9.17) is 20.2 Å². The molecular formula is C24H36N6O2S. The van der Waals surface area contributed by atoms with Crippen LogP contribution < -0.4 is 25.4 Å². The van der Waals surface area contributed by atoms with Crippen LogP contribution in [0.15, 0.2) is 34.4 Å². The van der Waals surface area contributed by atoms with Gasteiger partial charge in [-0.2, -0.15) is 0 Å². The van der Waals surface area contributed by atoms with E-state index in [1.165, 1.54) is 0 Å². The number of anilines is 2. The molecular weight excluding hydrogens is 436 g/mol. The van der Waals surface area contributed by atoms with Crippen molar-refractivity contribution >= 4 is 34.3 Å².